The first-order valence-corrected chi connectivity index (χ1v) is 6.14. The van der Waals surface area contributed by atoms with Crippen molar-refractivity contribution in [1.29, 1.82) is 0 Å². The molecule has 1 amide bonds. The van der Waals surface area contributed by atoms with Gasteiger partial charge in [0.1, 0.15) is 0 Å². The van der Waals surface area contributed by atoms with Crippen LogP contribution in [0.2, 0.25) is 0 Å². The third-order valence-corrected chi connectivity index (χ3v) is 2.80. The maximum absolute atomic E-state index is 11.6. The van der Waals surface area contributed by atoms with Gasteiger partial charge in [0.25, 0.3) is 0 Å². The minimum Gasteiger partial charge on any atom is -0.378 e. The number of hydrogen-bond donors (Lipinski definition) is 0. The largest absolute Gasteiger partial charge is 0.378 e. The number of anilines is 1. The van der Waals surface area contributed by atoms with E-state index in [0.29, 0.717) is 18.8 Å². The van der Waals surface area contributed by atoms with Crippen LogP contribution in [0.3, 0.4) is 0 Å². The second-order valence-electron chi connectivity index (χ2n) is 4.25. The lowest BCUT2D eigenvalue weighted by atomic mass is 10.2. The number of rotatable bonds is 5. The maximum atomic E-state index is 11.6. The van der Waals surface area contributed by atoms with Gasteiger partial charge in [0.05, 0.1) is 0 Å². The molecule has 0 saturated heterocycles. The third-order valence-electron chi connectivity index (χ3n) is 2.61. The summed E-state index contributed by atoms with van der Waals surface area (Å²) in [6, 6.07) is 8.18. The Kier molecular flexibility index (Phi) is 5.29. The van der Waals surface area contributed by atoms with Crippen LogP contribution >= 0.6 is 11.6 Å². The normalized spacial score (nSPS) is 10.1. The highest BCUT2D eigenvalue weighted by Crippen LogP contribution is 2.13. The molecular weight excluding hydrogens is 236 g/mol. The summed E-state index contributed by atoms with van der Waals surface area (Å²) < 4.78 is 0. The predicted octanol–water partition coefficient (Wildman–Crippen LogP) is 2.34. The number of benzene rings is 1. The SMILES string of the molecule is CN(Cc1ccc(N(C)C)cc1)C(=O)CCCl. The van der Waals surface area contributed by atoms with Crippen molar-refractivity contribution in [3.05, 3.63) is 29.8 Å². The highest BCUT2D eigenvalue weighted by molar-refractivity contribution is 6.18. The van der Waals surface area contributed by atoms with Crippen molar-refractivity contribution in [2.75, 3.05) is 31.9 Å². The van der Waals surface area contributed by atoms with E-state index < -0.39 is 0 Å². The van der Waals surface area contributed by atoms with Gasteiger partial charge in [-0.3, -0.25) is 4.79 Å². The van der Waals surface area contributed by atoms with Gasteiger partial charge in [0.2, 0.25) is 5.91 Å². The minimum atomic E-state index is 0.0803. The maximum Gasteiger partial charge on any atom is 0.223 e. The van der Waals surface area contributed by atoms with E-state index in [1.165, 1.54) is 0 Å². The van der Waals surface area contributed by atoms with E-state index in [9.17, 15) is 4.79 Å². The molecule has 0 aromatic heterocycles. The zero-order valence-corrected chi connectivity index (χ0v) is 11.4. The number of alkyl halides is 1. The van der Waals surface area contributed by atoms with Gasteiger partial charge in [-0.2, -0.15) is 0 Å². The van der Waals surface area contributed by atoms with E-state index in [0.717, 1.165) is 11.3 Å². The first kappa shape index (κ1) is 13.8. The van der Waals surface area contributed by atoms with Crippen LogP contribution in [0.4, 0.5) is 5.69 Å². The fraction of sp³-hybridized carbons (Fsp3) is 0.462. The molecule has 0 atom stereocenters. The lowest BCUT2D eigenvalue weighted by Crippen LogP contribution is -2.26. The Labute approximate surface area is 108 Å². The molecule has 4 heteroatoms. The van der Waals surface area contributed by atoms with Gasteiger partial charge in [-0.05, 0) is 17.7 Å². The molecule has 0 N–H and O–H groups in total. The number of carbonyl (C=O) groups is 1. The zero-order chi connectivity index (χ0) is 12.8. The summed E-state index contributed by atoms with van der Waals surface area (Å²) in [5.41, 5.74) is 2.28. The van der Waals surface area contributed by atoms with E-state index in [1.807, 2.05) is 31.1 Å². The second kappa shape index (κ2) is 6.50. The first-order chi connectivity index (χ1) is 8.04. The lowest BCUT2D eigenvalue weighted by Gasteiger charge is -2.18. The summed E-state index contributed by atoms with van der Waals surface area (Å²) in [7, 11) is 5.81. The smallest absolute Gasteiger partial charge is 0.223 e. The van der Waals surface area contributed by atoms with Gasteiger partial charge in [-0.1, -0.05) is 12.1 Å². The number of amides is 1. The molecule has 0 spiro atoms. The average molecular weight is 255 g/mol. The Bertz CT molecular complexity index is 362. The Balaban J connectivity index is 2.60. The topological polar surface area (TPSA) is 23.6 Å². The summed E-state index contributed by atoms with van der Waals surface area (Å²) in [4.78, 5) is 15.3. The molecule has 0 fully saturated rings. The van der Waals surface area contributed by atoms with Crippen LogP contribution in [-0.4, -0.2) is 37.8 Å². The molecule has 0 aliphatic rings. The van der Waals surface area contributed by atoms with Crippen LogP contribution in [0.1, 0.15) is 12.0 Å². The molecule has 3 nitrogen and oxygen atoms in total. The molecule has 0 radical (unpaired) electrons. The van der Waals surface area contributed by atoms with E-state index in [-0.39, 0.29) is 5.91 Å². The fourth-order valence-corrected chi connectivity index (χ4v) is 1.69. The lowest BCUT2D eigenvalue weighted by molar-refractivity contribution is -0.129. The first-order valence-electron chi connectivity index (χ1n) is 5.60. The number of carbonyl (C=O) groups excluding carboxylic acids is 1. The summed E-state index contributed by atoms with van der Waals surface area (Å²) in [5.74, 6) is 0.458. The molecule has 1 aromatic rings. The molecule has 0 unspecified atom stereocenters. The van der Waals surface area contributed by atoms with Gasteiger partial charge in [-0.25, -0.2) is 0 Å². The van der Waals surface area contributed by atoms with E-state index in [2.05, 4.69) is 12.1 Å². The molecule has 17 heavy (non-hydrogen) atoms. The highest BCUT2D eigenvalue weighted by atomic mass is 35.5. The molecule has 0 saturated carbocycles. The van der Waals surface area contributed by atoms with E-state index in [1.54, 1.807) is 11.9 Å². The van der Waals surface area contributed by atoms with Crippen LogP contribution in [-0.2, 0) is 11.3 Å². The van der Waals surface area contributed by atoms with Gasteiger partial charge < -0.3 is 9.80 Å². The van der Waals surface area contributed by atoms with Crippen molar-refractivity contribution >= 4 is 23.2 Å². The van der Waals surface area contributed by atoms with Crippen molar-refractivity contribution in [1.82, 2.24) is 4.90 Å². The summed E-state index contributed by atoms with van der Waals surface area (Å²) in [6.45, 7) is 0.628. The van der Waals surface area contributed by atoms with E-state index >= 15 is 0 Å². The quantitative estimate of drug-likeness (QED) is 0.753. The molecule has 1 rings (SSSR count). The molecule has 94 valence electrons. The van der Waals surface area contributed by atoms with E-state index in [4.69, 9.17) is 11.6 Å². The van der Waals surface area contributed by atoms with Crippen LogP contribution in [0.15, 0.2) is 24.3 Å². The van der Waals surface area contributed by atoms with Gasteiger partial charge in [0.15, 0.2) is 0 Å². The van der Waals surface area contributed by atoms with Gasteiger partial charge >= 0.3 is 0 Å². The van der Waals surface area contributed by atoms with Crippen molar-refractivity contribution in [3.8, 4) is 0 Å². The average Bonchev–Trinajstić information content (AvgIpc) is 2.30. The molecule has 0 aliphatic carbocycles. The van der Waals surface area contributed by atoms with Gasteiger partial charge in [-0.15, -0.1) is 11.6 Å². The number of nitrogens with zero attached hydrogens (tertiary/aromatic N) is 2. The summed E-state index contributed by atoms with van der Waals surface area (Å²) in [5, 5.41) is 0. The Morgan fingerprint density at radius 1 is 1.18 bits per heavy atom. The van der Waals surface area contributed by atoms with Crippen LogP contribution in [0.25, 0.3) is 0 Å². The second-order valence-corrected chi connectivity index (χ2v) is 4.63. The minimum absolute atomic E-state index is 0.0803. The van der Waals surface area contributed by atoms with Crippen molar-refractivity contribution in [3.63, 3.8) is 0 Å². The molecular formula is C13H19ClN2O. The van der Waals surface area contributed by atoms with Crippen molar-refractivity contribution in [2.24, 2.45) is 0 Å². The zero-order valence-electron chi connectivity index (χ0n) is 10.6. The molecule has 1 aromatic carbocycles. The van der Waals surface area contributed by atoms with Gasteiger partial charge in [0, 0.05) is 45.7 Å². The van der Waals surface area contributed by atoms with Crippen LogP contribution < -0.4 is 4.90 Å². The third kappa shape index (κ3) is 4.27. The molecule has 0 bridgehead atoms. The number of hydrogen-bond acceptors (Lipinski definition) is 2. The Morgan fingerprint density at radius 3 is 2.24 bits per heavy atom. The highest BCUT2D eigenvalue weighted by Gasteiger charge is 2.08. The Hall–Kier alpha value is -1.22. The molecule has 0 heterocycles. The monoisotopic (exact) mass is 254 g/mol. The van der Waals surface area contributed by atoms with Crippen LogP contribution in [0.5, 0.6) is 0 Å². The van der Waals surface area contributed by atoms with Crippen molar-refractivity contribution in [2.45, 2.75) is 13.0 Å². The predicted molar refractivity (Wildman–Crippen MR) is 72.6 cm³/mol. The number of halogens is 1. The summed E-state index contributed by atoms with van der Waals surface area (Å²) in [6.07, 6.45) is 0.397. The molecule has 0 aliphatic heterocycles. The van der Waals surface area contributed by atoms with Crippen molar-refractivity contribution < 1.29 is 4.79 Å². The fourth-order valence-electron chi connectivity index (χ4n) is 1.53. The van der Waals surface area contributed by atoms with Crippen LogP contribution in [0, 0.1) is 0 Å². The summed E-state index contributed by atoms with van der Waals surface area (Å²) >= 11 is 5.55. The Morgan fingerprint density at radius 2 is 1.76 bits per heavy atom. The standard InChI is InChI=1S/C13H19ClN2O/c1-15(2)12-6-4-11(5-7-12)10-16(3)13(17)8-9-14/h4-7H,8-10H2,1-3H3.